The Morgan fingerprint density at radius 3 is 2.65 bits per heavy atom. The van der Waals surface area contributed by atoms with Crippen LogP contribution in [0, 0.1) is 23.7 Å². The summed E-state index contributed by atoms with van der Waals surface area (Å²) in [6.07, 6.45) is 3.83. The maximum Gasteiger partial charge on any atom is 0.201 e. The van der Waals surface area contributed by atoms with E-state index in [-0.39, 0.29) is 11.5 Å². The predicted octanol–water partition coefficient (Wildman–Crippen LogP) is 3.43. The first-order chi connectivity index (χ1) is 9.46. The Hall–Kier alpha value is 0.130. The zero-order valence-electron chi connectivity index (χ0n) is 12.3. The first kappa shape index (κ1) is 13.8. The summed E-state index contributed by atoms with van der Waals surface area (Å²) in [4.78, 5) is 11.7. The molecule has 0 N–H and O–H groups in total. The zero-order chi connectivity index (χ0) is 14.1. The zero-order valence-corrected chi connectivity index (χ0v) is 13.1. The minimum atomic E-state index is -0.700. The van der Waals surface area contributed by atoms with Gasteiger partial charge in [0.15, 0.2) is 11.9 Å². The van der Waals surface area contributed by atoms with Crippen molar-refractivity contribution in [1.82, 2.24) is 0 Å². The molecule has 5 heteroatoms. The maximum atomic E-state index is 6.40. The van der Waals surface area contributed by atoms with Gasteiger partial charge >= 0.3 is 0 Å². The summed E-state index contributed by atoms with van der Waals surface area (Å²) >= 11 is 6.40. The van der Waals surface area contributed by atoms with Crippen molar-refractivity contribution in [2.24, 2.45) is 23.7 Å². The van der Waals surface area contributed by atoms with Crippen molar-refractivity contribution in [2.75, 3.05) is 0 Å². The fourth-order valence-corrected chi connectivity index (χ4v) is 5.13. The number of halogens is 1. The largest absolute Gasteiger partial charge is 0.330 e. The normalized spacial score (nSPS) is 61.8. The number of rotatable bonds is 0. The summed E-state index contributed by atoms with van der Waals surface area (Å²) in [5.41, 5.74) is -0.783. The van der Waals surface area contributed by atoms with Crippen molar-refractivity contribution in [1.29, 1.82) is 0 Å². The molecule has 8 atom stereocenters. The van der Waals surface area contributed by atoms with Gasteiger partial charge in [-0.2, -0.15) is 0 Å². The van der Waals surface area contributed by atoms with Crippen molar-refractivity contribution in [3.63, 3.8) is 0 Å². The SMILES string of the molecule is C[C@@H]1CC[C@H]2[C@@H](C)C(Cl)O[C@@H]3OC4(C)CC[C@@H]1C32OO4. The van der Waals surface area contributed by atoms with Crippen molar-refractivity contribution in [3.05, 3.63) is 0 Å². The van der Waals surface area contributed by atoms with Gasteiger partial charge in [-0.05, 0) is 38.0 Å². The molecule has 4 aliphatic heterocycles. The van der Waals surface area contributed by atoms with E-state index in [1.165, 1.54) is 6.42 Å². The van der Waals surface area contributed by atoms with E-state index in [9.17, 15) is 0 Å². The molecule has 0 aromatic heterocycles. The Balaban J connectivity index is 1.82. The van der Waals surface area contributed by atoms with Gasteiger partial charge in [0.25, 0.3) is 0 Å². The number of ether oxygens (including phenoxy) is 2. The standard InChI is InChI=1S/C15H23ClO4/c1-8-4-5-11-9(2)12(16)17-13-15(11)10(8)6-7-14(3,18-13)19-20-15/h8-13H,4-7H2,1-3H3/t8-,9-,10+,11+,12?,13-,14?,15?/m1/s1. The Bertz CT molecular complexity index is 415. The van der Waals surface area contributed by atoms with Crippen LogP contribution in [-0.4, -0.2) is 23.2 Å². The fourth-order valence-electron chi connectivity index (χ4n) is 4.86. The highest BCUT2D eigenvalue weighted by molar-refractivity contribution is 6.19. The van der Waals surface area contributed by atoms with Gasteiger partial charge in [0.2, 0.25) is 5.79 Å². The minimum absolute atomic E-state index is 0.248. The lowest BCUT2D eigenvalue weighted by Gasteiger charge is -2.59. The van der Waals surface area contributed by atoms with E-state index >= 15 is 0 Å². The highest BCUT2D eigenvalue weighted by atomic mass is 35.5. The van der Waals surface area contributed by atoms with Crippen LogP contribution in [0.4, 0.5) is 0 Å². The van der Waals surface area contributed by atoms with E-state index in [1.807, 2.05) is 6.92 Å². The van der Waals surface area contributed by atoms with Crippen LogP contribution in [0.1, 0.15) is 46.5 Å². The van der Waals surface area contributed by atoms with Gasteiger partial charge in [0.05, 0.1) is 0 Å². The second-order valence-corrected chi connectivity index (χ2v) is 7.69. The topological polar surface area (TPSA) is 36.9 Å². The van der Waals surface area contributed by atoms with Gasteiger partial charge in [-0.3, -0.25) is 0 Å². The second-order valence-electron chi connectivity index (χ2n) is 7.26. The Labute approximate surface area is 125 Å². The van der Waals surface area contributed by atoms with Gasteiger partial charge in [0, 0.05) is 18.3 Å². The summed E-state index contributed by atoms with van der Waals surface area (Å²) in [7, 11) is 0. The molecule has 3 unspecified atom stereocenters. The van der Waals surface area contributed by atoms with Crippen LogP contribution in [0.25, 0.3) is 0 Å². The van der Waals surface area contributed by atoms with Gasteiger partial charge in [-0.15, -0.1) is 0 Å². The number of fused-ring (bicyclic) bond motifs is 2. The lowest BCUT2D eigenvalue weighted by molar-refractivity contribution is -0.568. The summed E-state index contributed by atoms with van der Waals surface area (Å²) in [6.45, 7) is 6.40. The first-order valence-electron chi connectivity index (χ1n) is 7.80. The molecule has 0 aromatic rings. The molecule has 114 valence electrons. The summed E-state index contributed by atoms with van der Waals surface area (Å²) < 4.78 is 12.1. The van der Waals surface area contributed by atoms with E-state index in [1.54, 1.807) is 0 Å². The second kappa shape index (κ2) is 4.32. The van der Waals surface area contributed by atoms with E-state index in [4.69, 9.17) is 30.8 Å². The molecule has 5 aliphatic rings. The molecule has 1 spiro atoms. The molecule has 4 nitrogen and oxygen atoms in total. The van der Waals surface area contributed by atoms with Gasteiger partial charge < -0.3 is 9.47 Å². The van der Waals surface area contributed by atoms with E-state index in [2.05, 4.69) is 13.8 Å². The van der Waals surface area contributed by atoms with Crippen LogP contribution < -0.4 is 0 Å². The first-order valence-corrected chi connectivity index (χ1v) is 8.24. The molecular weight excluding hydrogens is 280 g/mol. The molecule has 0 radical (unpaired) electrons. The van der Waals surface area contributed by atoms with E-state index < -0.39 is 17.7 Å². The minimum Gasteiger partial charge on any atom is -0.330 e. The predicted molar refractivity (Wildman–Crippen MR) is 72.7 cm³/mol. The lowest BCUT2D eigenvalue weighted by atomic mass is 9.58. The molecule has 2 bridgehead atoms. The molecule has 5 rings (SSSR count). The third-order valence-electron chi connectivity index (χ3n) is 6.08. The van der Waals surface area contributed by atoms with Gasteiger partial charge in [-0.25, -0.2) is 9.78 Å². The van der Waals surface area contributed by atoms with E-state index in [0.29, 0.717) is 17.8 Å². The molecule has 4 saturated heterocycles. The molecule has 1 saturated carbocycles. The van der Waals surface area contributed by atoms with Crippen LogP contribution in [0.5, 0.6) is 0 Å². The molecule has 20 heavy (non-hydrogen) atoms. The summed E-state index contributed by atoms with van der Waals surface area (Å²) in [6, 6.07) is 0. The molecule has 5 fully saturated rings. The third-order valence-corrected chi connectivity index (χ3v) is 6.58. The van der Waals surface area contributed by atoms with Crippen molar-refractivity contribution in [3.8, 4) is 0 Å². The van der Waals surface area contributed by atoms with Crippen LogP contribution in [0.2, 0.25) is 0 Å². The fraction of sp³-hybridized carbons (Fsp3) is 1.00. The highest BCUT2D eigenvalue weighted by Crippen LogP contribution is 2.60. The average molecular weight is 303 g/mol. The van der Waals surface area contributed by atoms with Gasteiger partial charge in [-0.1, -0.05) is 25.4 Å². The van der Waals surface area contributed by atoms with Crippen LogP contribution in [0.15, 0.2) is 0 Å². The quantitative estimate of drug-likeness (QED) is 0.507. The average Bonchev–Trinajstić information content (AvgIpc) is 2.63. The molecule has 1 aliphatic carbocycles. The van der Waals surface area contributed by atoms with Gasteiger partial charge in [0.1, 0.15) is 5.56 Å². The van der Waals surface area contributed by atoms with E-state index in [0.717, 1.165) is 19.3 Å². The maximum absolute atomic E-state index is 6.40. The number of alkyl halides is 1. The Kier molecular flexibility index (Phi) is 2.98. The van der Waals surface area contributed by atoms with Crippen LogP contribution >= 0.6 is 11.6 Å². The van der Waals surface area contributed by atoms with Crippen LogP contribution in [-0.2, 0) is 19.2 Å². The Morgan fingerprint density at radius 1 is 1.05 bits per heavy atom. The van der Waals surface area contributed by atoms with Crippen molar-refractivity contribution in [2.45, 2.75) is 69.7 Å². The summed E-state index contributed by atoms with van der Waals surface area (Å²) in [5.74, 6) is 0.908. The monoisotopic (exact) mass is 302 g/mol. The van der Waals surface area contributed by atoms with Crippen molar-refractivity contribution >= 4 is 11.6 Å². The molecule has 4 heterocycles. The Morgan fingerprint density at radius 2 is 1.85 bits per heavy atom. The highest BCUT2D eigenvalue weighted by Gasteiger charge is 2.69. The van der Waals surface area contributed by atoms with Crippen LogP contribution in [0.3, 0.4) is 0 Å². The molecular formula is C15H23ClO4. The molecule has 0 amide bonds. The van der Waals surface area contributed by atoms with Crippen molar-refractivity contribution < 1.29 is 19.2 Å². The smallest absolute Gasteiger partial charge is 0.201 e. The summed E-state index contributed by atoms with van der Waals surface area (Å²) in [5, 5.41) is 0. The number of hydrogen-bond donors (Lipinski definition) is 0. The number of hydrogen-bond acceptors (Lipinski definition) is 4. The molecule has 0 aromatic carbocycles. The third kappa shape index (κ3) is 1.63. The lowest BCUT2D eigenvalue weighted by Crippen LogP contribution is -2.69.